The van der Waals surface area contributed by atoms with E-state index in [1.807, 2.05) is 13.0 Å². The van der Waals surface area contributed by atoms with Gasteiger partial charge in [-0.25, -0.2) is 25.2 Å². The van der Waals surface area contributed by atoms with Crippen molar-refractivity contribution in [2.45, 2.75) is 95.1 Å². The van der Waals surface area contributed by atoms with Crippen molar-refractivity contribution in [3.05, 3.63) is 11.6 Å². The summed E-state index contributed by atoms with van der Waals surface area (Å²) in [5, 5.41) is 51.7. The summed E-state index contributed by atoms with van der Waals surface area (Å²) >= 11 is 0. The number of aliphatic hydroxyl groups excluding tert-OH is 3. The summed E-state index contributed by atoms with van der Waals surface area (Å²) < 4.78 is 15.8. The summed E-state index contributed by atoms with van der Waals surface area (Å²) in [7, 11) is 1.06. The number of hydrazone groups is 2. The molecular formula is C30H44N6O11. The van der Waals surface area contributed by atoms with Crippen molar-refractivity contribution in [3.63, 3.8) is 0 Å². The second-order valence-electron chi connectivity index (χ2n) is 13.7. The van der Waals surface area contributed by atoms with Crippen LogP contribution in [-0.2, 0) is 23.8 Å². The fourth-order valence-electron chi connectivity index (χ4n) is 8.91. The molecule has 10 N–H and O–H groups in total. The molecule has 0 bridgehead atoms. The van der Waals surface area contributed by atoms with Crippen LogP contribution in [0.1, 0.15) is 58.8 Å². The molecule has 0 spiro atoms. The zero-order valence-corrected chi connectivity index (χ0v) is 26.5. The Morgan fingerprint density at radius 2 is 1.74 bits per heavy atom. The number of primary amides is 2. The van der Waals surface area contributed by atoms with Crippen LogP contribution in [0.4, 0.5) is 9.59 Å². The van der Waals surface area contributed by atoms with E-state index in [1.54, 1.807) is 0 Å². The lowest BCUT2D eigenvalue weighted by molar-refractivity contribution is -0.291. The first-order chi connectivity index (χ1) is 22.1. The Bertz CT molecular complexity index is 1400. The number of carbonyl (C=O) groups excluding carboxylic acids is 4. The number of aliphatic hydroxyl groups is 4. The van der Waals surface area contributed by atoms with E-state index in [2.05, 4.69) is 32.7 Å². The number of rotatable bonds is 7. The molecule has 17 nitrogen and oxygen atoms in total. The Balaban J connectivity index is 1.40. The molecule has 5 rings (SSSR count). The van der Waals surface area contributed by atoms with Crippen LogP contribution in [0.25, 0.3) is 0 Å². The molecule has 4 amide bonds. The molecule has 3 saturated carbocycles. The van der Waals surface area contributed by atoms with Crippen LogP contribution in [0, 0.1) is 28.6 Å². The zero-order chi connectivity index (χ0) is 34.5. The number of hydrogen-bond acceptors (Lipinski definition) is 13. The number of urea groups is 2. The average molecular weight is 665 g/mol. The van der Waals surface area contributed by atoms with E-state index in [9.17, 15) is 39.6 Å². The number of methoxy groups -OCH3 is 1. The van der Waals surface area contributed by atoms with Crippen molar-refractivity contribution in [3.8, 4) is 0 Å². The lowest BCUT2D eigenvalue weighted by Gasteiger charge is -2.58. The van der Waals surface area contributed by atoms with Crippen LogP contribution in [0.15, 0.2) is 21.9 Å². The average Bonchev–Trinajstić information content (AvgIpc) is 3.28. The van der Waals surface area contributed by atoms with Crippen LogP contribution in [0.5, 0.6) is 0 Å². The van der Waals surface area contributed by atoms with Gasteiger partial charge in [0.1, 0.15) is 29.7 Å². The van der Waals surface area contributed by atoms with Gasteiger partial charge in [-0.3, -0.25) is 4.79 Å². The van der Waals surface area contributed by atoms with E-state index >= 15 is 0 Å². The third kappa shape index (κ3) is 5.93. The molecule has 0 aromatic heterocycles. The first-order valence-electron chi connectivity index (χ1n) is 15.7. The molecule has 4 fully saturated rings. The zero-order valence-electron chi connectivity index (χ0n) is 26.5. The van der Waals surface area contributed by atoms with Gasteiger partial charge in [-0.2, -0.15) is 10.2 Å². The van der Waals surface area contributed by atoms with Crippen molar-refractivity contribution in [1.82, 2.24) is 10.9 Å². The Kier molecular flexibility index (Phi) is 9.53. The lowest BCUT2D eigenvalue weighted by atomic mass is 9.46. The Hall–Kier alpha value is -3.48. The molecule has 11 unspecified atom stereocenters. The maximum atomic E-state index is 14.2. The maximum Gasteiger partial charge on any atom is 0.337 e. The standard InChI is InChI=1S/C30H44N6O11/c1-28-8-6-14(33-35-26(31)42)10-13(28)4-5-15-16-7-9-30(44,29(16,2)11-17(37)19(15)28)18(34-36-27(32)43)12-46-25-22(40)20(38)21(39)23(47-25)24(41)45-3/h10,15-16,19-23,25,38-40,44H,4-9,11-12H2,1-3H3,(H3,31,35,42)(H3,32,36,43). The van der Waals surface area contributed by atoms with Crippen LogP contribution in [-0.4, -0.2) is 106 Å². The number of Topliss-reactive ketones (excluding diaryl/α,β-unsaturated/α-hetero) is 1. The largest absolute Gasteiger partial charge is 0.467 e. The first-order valence-corrected chi connectivity index (χ1v) is 15.7. The van der Waals surface area contributed by atoms with Crippen molar-refractivity contribution >= 4 is 35.2 Å². The molecule has 0 aromatic carbocycles. The summed E-state index contributed by atoms with van der Waals surface area (Å²) in [6, 6.07) is -1.78. The predicted octanol–water partition coefficient (Wildman–Crippen LogP) is -1.09. The van der Waals surface area contributed by atoms with Crippen molar-refractivity contribution in [1.29, 1.82) is 0 Å². The van der Waals surface area contributed by atoms with Crippen molar-refractivity contribution < 1.29 is 53.8 Å². The minimum absolute atomic E-state index is 0.00924. The van der Waals surface area contributed by atoms with E-state index < -0.39 is 71.8 Å². The highest BCUT2D eigenvalue weighted by Crippen LogP contribution is 2.66. The third-order valence-electron chi connectivity index (χ3n) is 11.3. The summed E-state index contributed by atoms with van der Waals surface area (Å²) in [5.74, 6) is -1.50. The molecule has 1 aliphatic heterocycles. The number of ketones is 1. The van der Waals surface area contributed by atoms with Gasteiger partial charge in [0, 0.05) is 17.8 Å². The van der Waals surface area contributed by atoms with E-state index in [-0.39, 0.29) is 42.1 Å². The fourth-order valence-corrected chi connectivity index (χ4v) is 8.91. The van der Waals surface area contributed by atoms with Gasteiger partial charge in [0.2, 0.25) is 0 Å². The molecule has 0 aromatic rings. The van der Waals surface area contributed by atoms with E-state index in [0.29, 0.717) is 37.8 Å². The number of nitrogens with two attached hydrogens (primary N) is 2. The molecule has 47 heavy (non-hydrogen) atoms. The normalized spacial score (nSPS) is 42.4. The van der Waals surface area contributed by atoms with Gasteiger partial charge < -0.3 is 46.1 Å². The molecule has 5 aliphatic rings. The van der Waals surface area contributed by atoms with Crippen LogP contribution in [0.2, 0.25) is 0 Å². The number of allylic oxidation sites excluding steroid dienone is 2. The highest BCUT2D eigenvalue weighted by atomic mass is 16.7. The molecule has 4 aliphatic carbocycles. The number of amides is 4. The van der Waals surface area contributed by atoms with E-state index in [1.165, 1.54) is 0 Å². The molecule has 11 atom stereocenters. The second-order valence-corrected chi connectivity index (χ2v) is 13.7. The molecule has 1 saturated heterocycles. The van der Waals surface area contributed by atoms with E-state index in [0.717, 1.165) is 12.7 Å². The number of carbonyl (C=O) groups is 4. The SMILES string of the molecule is COC(=O)C1OC(OCC(=NNC(N)=O)C2(O)CCC3C4CCC5=CC(=NNC(N)=O)CCC5(C)C4C(=O)CC32C)C(O)C(O)C1O. The number of fused-ring (bicyclic) bond motifs is 5. The Morgan fingerprint density at radius 1 is 1.04 bits per heavy atom. The van der Waals surface area contributed by atoms with Crippen LogP contribution in [0.3, 0.4) is 0 Å². The number of hydrogen-bond donors (Lipinski definition) is 8. The van der Waals surface area contributed by atoms with Gasteiger partial charge in [-0.15, -0.1) is 0 Å². The summed E-state index contributed by atoms with van der Waals surface area (Å²) in [5.41, 5.74) is 13.3. The fraction of sp³-hybridized carbons (Fsp3) is 0.733. The van der Waals surface area contributed by atoms with Crippen molar-refractivity contribution in [2.75, 3.05) is 13.7 Å². The molecule has 260 valence electrons. The minimum Gasteiger partial charge on any atom is -0.467 e. The quantitative estimate of drug-likeness (QED) is 0.0919. The summed E-state index contributed by atoms with van der Waals surface area (Å²) in [4.78, 5) is 49.2. The first kappa shape index (κ1) is 34.8. The highest BCUT2D eigenvalue weighted by Gasteiger charge is 2.68. The lowest BCUT2D eigenvalue weighted by Crippen LogP contribution is -2.62. The smallest absolute Gasteiger partial charge is 0.337 e. The van der Waals surface area contributed by atoms with Gasteiger partial charge in [-0.05, 0) is 61.9 Å². The van der Waals surface area contributed by atoms with Crippen LogP contribution >= 0.6 is 0 Å². The van der Waals surface area contributed by atoms with Gasteiger partial charge in [0.15, 0.2) is 12.4 Å². The monoisotopic (exact) mass is 664 g/mol. The van der Waals surface area contributed by atoms with Gasteiger partial charge in [-0.1, -0.05) is 19.4 Å². The highest BCUT2D eigenvalue weighted by molar-refractivity contribution is 5.99. The number of nitrogens with one attached hydrogen (secondary N) is 2. The molecular weight excluding hydrogens is 620 g/mol. The van der Waals surface area contributed by atoms with E-state index in [4.69, 9.17) is 20.9 Å². The topological polar surface area (TPSA) is 278 Å². The molecule has 17 heteroatoms. The third-order valence-corrected chi connectivity index (χ3v) is 11.3. The summed E-state index contributed by atoms with van der Waals surface area (Å²) in [6.45, 7) is 3.36. The maximum absolute atomic E-state index is 14.2. The van der Waals surface area contributed by atoms with Crippen LogP contribution < -0.4 is 22.3 Å². The van der Waals surface area contributed by atoms with Gasteiger partial charge in [0.05, 0.1) is 25.1 Å². The van der Waals surface area contributed by atoms with Gasteiger partial charge >= 0.3 is 18.0 Å². The molecule has 1 heterocycles. The number of ether oxygens (including phenoxy) is 3. The minimum atomic E-state index is -1.83. The van der Waals surface area contributed by atoms with Crippen molar-refractivity contribution in [2.24, 2.45) is 50.3 Å². The van der Waals surface area contributed by atoms with Gasteiger partial charge in [0.25, 0.3) is 0 Å². The Morgan fingerprint density at radius 3 is 2.40 bits per heavy atom. The Labute approximate surface area is 270 Å². The summed E-state index contributed by atoms with van der Waals surface area (Å²) in [6.07, 6.45) is -3.52. The number of nitrogens with zero attached hydrogens (tertiary/aromatic N) is 2. The predicted molar refractivity (Wildman–Crippen MR) is 162 cm³/mol. The number of esters is 1. The second kappa shape index (κ2) is 12.9. The molecule has 0 radical (unpaired) electrons.